The second-order valence-corrected chi connectivity index (χ2v) is 4.35. The minimum atomic E-state index is 0.156. The van der Waals surface area contributed by atoms with Crippen LogP contribution in [-0.2, 0) is 6.42 Å². The van der Waals surface area contributed by atoms with Gasteiger partial charge in [-0.3, -0.25) is 0 Å². The molecule has 2 N–H and O–H groups in total. The van der Waals surface area contributed by atoms with E-state index in [0.717, 1.165) is 25.3 Å². The second-order valence-electron chi connectivity index (χ2n) is 4.35. The van der Waals surface area contributed by atoms with E-state index >= 15 is 0 Å². The van der Waals surface area contributed by atoms with Gasteiger partial charge in [-0.25, -0.2) is 0 Å². The number of hydrogen-bond donors (Lipinski definition) is 1. The fraction of sp³-hybridized carbons (Fsp3) is 0.571. The Morgan fingerprint density at radius 2 is 1.94 bits per heavy atom. The topological polar surface area (TPSA) is 38.5 Å². The van der Waals surface area contributed by atoms with E-state index in [4.69, 9.17) is 10.5 Å². The number of ether oxygens (including phenoxy) is 1. The normalized spacial score (nSPS) is 12.3. The summed E-state index contributed by atoms with van der Waals surface area (Å²) in [6, 6.07) is 6.52. The Kier molecular flexibility index (Phi) is 5.29. The molecule has 1 atom stereocenters. The highest BCUT2D eigenvalue weighted by atomic mass is 16.5. The van der Waals surface area contributed by atoms with E-state index in [1.165, 1.54) is 11.3 Å². The summed E-state index contributed by atoms with van der Waals surface area (Å²) in [5.41, 5.74) is 8.22. The summed E-state index contributed by atoms with van der Waals surface area (Å²) in [6.07, 6.45) is 0.849. The quantitative estimate of drug-likeness (QED) is 0.824. The molecule has 17 heavy (non-hydrogen) atoms. The highest BCUT2D eigenvalue weighted by Gasteiger charge is 2.09. The number of anilines is 1. The predicted octanol–water partition coefficient (Wildman–Crippen LogP) is 2.43. The number of hydrogen-bond acceptors (Lipinski definition) is 3. The van der Waals surface area contributed by atoms with Gasteiger partial charge in [0.15, 0.2) is 0 Å². The lowest BCUT2D eigenvalue weighted by Crippen LogP contribution is -2.22. The van der Waals surface area contributed by atoms with Crippen LogP contribution in [0.3, 0.4) is 0 Å². The lowest BCUT2D eigenvalue weighted by molar-refractivity contribution is 0.408. The lowest BCUT2D eigenvalue weighted by atomic mass is 10.1. The monoisotopic (exact) mass is 236 g/mol. The van der Waals surface area contributed by atoms with Gasteiger partial charge in [0.2, 0.25) is 0 Å². The van der Waals surface area contributed by atoms with Gasteiger partial charge in [-0.2, -0.15) is 0 Å². The molecular formula is C14H24N2O. The molecule has 1 unspecified atom stereocenters. The van der Waals surface area contributed by atoms with Crippen molar-refractivity contribution in [3.8, 4) is 5.75 Å². The van der Waals surface area contributed by atoms with Crippen molar-refractivity contribution in [1.29, 1.82) is 0 Å². The molecule has 0 aliphatic heterocycles. The maximum Gasteiger partial charge on any atom is 0.124 e. The third-order valence-electron chi connectivity index (χ3n) is 2.94. The minimum Gasteiger partial charge on any atom is -0.496 e. The predicted molar refractivity (Wildman–Crippen MR) is 73.9 cm³/mol. The van der Waals surface area contributed by atoms with Crippen molar-refractivity contribution < 1.29 is 4.74 Å². The Labute approximate surface area is 105 Å². The van der Waals surface area contributed by atoms with Crippen LogP contribution in [0.4, 0.5) is 5.69 Å². The van der Waals surface area contributed by atoms with Crippen LogP contribution in [0.25, 0.3) is 0 Å². The Bertz CT molecular complexity index is 346. The van der Waals surface area contributed by atoms with E-state index < -0.39 is 0 Å². The molecule has 1 aromatic rings. The summed E-state index contributed by atoms with van der Waals surface area (Å²) >= 11 is 0. The van der Waals surface area contributed by atoms with Crippen LogP contribution in [0.2, 0.25) is 0 Å². The van der Waals surface area contributed by atoms with Crippen LogP contribution in [0.1, 0.15) is 26.3 Å². The first-order chi connectivity index (χ1) is 8.12. The van der Waals surface area contributed by atoms with Gasteiger partial charge < -0.3 is 15.4 Å². The van der Waals surface area contributed by atoms with Gasteiger partial charge >= 0.3 is 0 Å². The van der Waals surface area contributed by atoms with Gasteiger partial charge in [-0.15, -0.1) is 0 Å². The van der Waals surface area contributed by atoms with Crippen LogP contribution in [0, 0.1) is 0 Å². The fourth-order valence-electron chi connectivity index (χ4n) is 2.03. The molecule has 3 heteroatoms. The molecule has 1 rings (SSSR count). The lowest BCUT2D eigenvalue weighted by Gasteiger charge is -2.22. The van der Waals surface area contributed by atoms with E-state index in [0.29, 0.717) is 0 Å². The Balaban J connectivity index is 2.99. The van der Waals surface area contributed by atoms with Crippen molar-refractivity contribution >= 4 is 5.69 Å². The molecule has 0 aliphatic carbocycles. The smallest absolute Gasteiger partial charge is 0.124 e. The fourth-order valence-corrected chi connectivity index (χ4v) is 2.03. The van der Waals surface area contributed by atoms with Gasteiger partial charge in [0.1, 0.15) is 5.75 Å². The number of rotatable bonds is 6. The van der Waals surface area contributed by atoms with Crippen LogP contribution in [0.5, 0.6) is 5.75 Å². The van der Waals surface area contributed by atoms with E-state index in [1.807, 2.05) is 6.92 Å². The van der Waals surface area contributed by atoms with Crippen molar-refractivity contribution in [2.75, 3.05) is 25.1 Å². The number of nitrogens with zero attached hydrogens (tertiary/aromatic N) is 1. The maximum absolute atomic E-state index is 5.83. The zero-order chi connectivity index (χ0) is 12.8. The minimum absolute atomic E-state index is 0.156. The molecule has 0 saturated heterocycles. The van der Waals surface area contributed by atoms with E-state index in [-0.39, 0.29) is 6.04 Å². The molecular weight excluding hydrogens is 212 g/mol. The average molecular weight is 236 g/mol. The summed E-state index contributed by atoms with van der Waals surface area (Å²) < 4.78 is 5.44. The van der Waals surface area contributed by atoms with Crippen LogP contribution in [0.15, 0.2) is 18.2 Å². The first kappa shape index (κ1) is 13.8. The van der Waals surface area contributed by atoms with Crippen molar-refractivity contribution in [3.05, 3.63) is 23.8 Å². The highest BCUT2D eigenvalue weighted by molar-refractivity contribution is 5.54. The van der Waals surface area contributed by atoms with Crippen LogP contribution >= 0.6 is 0 Å². The number of methoxy groups -OCH3 is 1. The summed E-state index contributed by atoms with van der Waals surface area (Å²) in [5.74, 6) is 0.937. The van der Waals surface area contributed by atoms with E-state index in [1.54, 1.807) is 7.11 Å². The molecule has 0 aliphatic rings. The molecule has 0 amide bonds. The molecule has 0 radical (unpaired) electrons. The zero-order valence-corrected chi connectivity index (χ0v) is 11.4. The molecule has 0 fully saturated rings. The largest absolute Gasteiger partial charge is 0.496 e. The second kappa shape index (κ2) is 6.50. The van der Waals surface area contributed by atoms with Gasteiger partial charge in [0, 0.05) is 30.9 Å². The van der Waals surface area contributed by atoms with E-state index in [9.17, 15) is 0 Å². The van der Waals surface area contributed by atoms with Crippen molar-refractivity contribution in [2.45, 2.75) is 33.2 Å². The van der Waals surface area contributed by atoms with Gasteiger partial charge in [-0.1, -0.05) is 6.07 Å². The van der Waals surface area contributed by atoms with Crippen molar-refractivity contribution in [1.82, 2.24) is 0 Å². The molecule has 0 heterocycles. The molecule has 1 aromatic carbocycles. The molecule has 0 bridgehead atoms. The Hall–Kier alpha value is -1.22. The number of nitrogens with two attached hydrogens (primary N) is 1. The zero-order valence-electron chi connectivity index (χ0n) is 11.4. The average Bonchev–Trinajstić information content (AvgIpc) is 2.31. The highest BCUT2D eigenvalue weighted by Crippen LogP contribution is 2.26. The van der Waals surface area contributed by atoms with Crippen LogP contribution in [-0.4, -0.2) is 26.2 Å². The molecule has 0 saturated carbocycles. The molecule has 3 nitrogen and oxygen atoms in total. The molecule has 0 aromatic heterocycles. The Morgan fingerprint density at radius 1 is 1.29 bits per heavy atom. The van der Waals surface area contributed by atoms with Gasteiger partial charge in [0.25, 0.3) is 0 Å². The van der Waals surface area contributed by atoms with Crippen molar-refractivity contribution in [2.24, 2.45) is 5.73 Å². The van der Waals surface area contributed by atoms with Crippen molar-refractivity contribution in [3.63, 3.8) is 0 Å². The third kappa shape index (κ3) is 3.63. The number of benzene rings is 1. The summed E-state index contributed by atoms with van der Waals surface area (Å²) in [4.78, 5) is 2.30. The van der Waals surface area contributed by atoms with Crippen LogP contribution < -0.4 is 15.4 Å². The summed E-state index contributed by atoms with van der Waals surface area (Å²) in [7, 11) is 1.71. The summed E-state index contributed by atoms with van der Waals surface area (Å²) in [6.45, 7) is 8.34. The standard InChI is InChI=1S/C14H24N2O/c1-5-16(6-2)13-8-7-12(9-11(3)15)14(10-13)17-4/h7-8,10-11H,5-6,9,15H2,1-4H3. The summed E-state index contributed by atoms with van der Waals surface area (Å²) in [5, 5.41) is 0. The first-order valence-electron chi connectivity index (χ1n) is 6.29. The third-order valence-corrected chi connectivity index (χ3v) is 2.94. The molecule has 0 spiro atoms. The van der Waals surface area contributed by atoms with Gasteiger partial charge in [0.05, 0.1) is 7.11 Å². The SMILES string of the molecule is CCN(CC)c1ccc(CC(C)N)c(OC)c1. The van der Waals surface area contributed by atoms with Gasteiger partial charge in [-0.05, 0) is 38.8 Å². The maximum atomic E-state index is 5.83. The first-order valence-corrected chi connectivity index (χ1v) is 6.29. The van der Waals surface area contributed by atoms with E-state index in [2.05, 4.69) is 36.9 Å². The molecule has 96 valence electrons. The Morgan fingerprint density at radius 3 is 2.41 bits per heavy atom.